The number of hydrogen-bond acceptors (Lipinski definition) is 1. The highest BCUT2D eigenvalue weighted by atomic mass is 127. The third kappa shape index (κ3) is 1.79. The van der Waals surface area contributed by atoms with Gasteiger partial charge in [-0.15, -0.1) is 0 Å². The standard InChI is InChI=1S/C10H17IO/c11-8-10(6-1-2-7-10)12-9-4-3-5-9/h9H,1-8H2. The fourth-order valence-electron chi connectivity index (χ4n) is 2.14. The van der Waals surface area contributed by atoms with Crippen LogP contribution in [0.15, 0.2) is 0 Å². The van der Waals surface area contributed by atoms with E-state index in [0.29, 0.717) is 11.7 Å². The maximum absolute atomic E-state index is 6.18. The zero-order valence-corrected chi connectivity index (χ0v) is 9.68. The molecular weight excluding hydrogens is 263 g/mol. The van der Waals surface area contributed by atoms with E-state index in [0.717, 1.165) is 0 Å². The third-order valence-corrected chi connectivity index (χ3v) is 4.62. The van der Waals surface area contributed by atoms with E-state index < -0.39 is 0 Å². The van der Waals surface area contributed by atoms with Gasteiger partial charge in [0.15, 0.2) is 0 Å². The summed E-state index contributed by atoms with van der Waals surface area (Å²) in [6.07, 6.45) is 10.0. The molecule has 0 aromatic carbocycles. The molecule has 2 fully saturated rings. The highest BCUT2D eigenvalue weighted by molar-refractivity contribution is 14.1. The molecule has 70 valence electrons. The van der Waals surface area contributed by atoms with Crippen LogP contribution in [-0.2, 0) is 4.74 Å². The smallest absolute Gasteiger partial charge is 0.0775 e. The molecule has 0 saturated heterocycles. The molecule has 0 bridgehead atoms. The number of rotatable bonds is 3. The minimum atomic E-state index is 0.297. The van der Waals surface area contributed by atoms with Gasteiger partial charge >= 0.3 is 0 Å². The molecule has 0 amide bonds. The molecule has 2 aliphatic rings. The van der Waals surface area contributed by atoms with E-state index in [1.165, 1.54) is 49.4 Å². The monoisotopic (exact) mass is 280 g/mol. The van der Waals surface area contributed by atoms with Crippen molar-refractivity contribution in [3.05, 3.63) is 0 Å². The van der Waals surface area contributed by atoms with Gasteiger partial charge in [-0.3, -0.25) is 0 Å². The first kappa shape index (κ1) is 9.25. The summed E-state index contributed by atoms with van der Waals surface area (Å²) in [5.74, 6) is 0. The van der Waals surface area contributed by atoms with Gasteiger partial charge in [-0.05, 0) is 32.1 Å². The molecule has 0 heterocycles. The van der Waals surface area contributed by atoms with Crippen molar-refractivity contribution in [2.45, 2.75) is 56.7 Å². The molecule has 2 saturated carbocycles. The summed E-state index contributed by atoms with van der Waals surface area (Å²) in [7, 11) is 0. The summed E-state index contributed by atoms with van der Waals surface area (Å²) in [6, 6.07) is 0. The van der Waals surface area contributed by atoms with Crippen molar-refractivity contribution in [1.82, 2.24) is 0 Å². The summed E-state index contributed by atoms with van der Waals surface area (Å²) in [6.45, 7) is 0. The van der Waals surface area contributed by atoms with Crippen molar-refractivity contribution in [3.8, 4) is 0 Å². The first-order valence-corrected chi connectivity index (χ1v) is 6.61. The van der Waals surface area contributed by atoms with Gasteiger partial charge in [0, 0.05) is 4.43 Å². The van der Waals surface area contributed by atoms with Crippen LogP contribution in [0.1, 0.15) is 44.9 Å². The van der Waals surface area contributed by atoms with Crippen LogP contribution in [0.2, 0.25) is 0 Å². The molecule has 2 rings (SSSR count). The van der Waals surface area contributed by atoms with Crippen molar-refractivity contribution in [2.75, 3.05) is 4.43 Å². The second-order valence-electron chi connectivity index (χ2n) is 4.19. The lowest BCUT2D eigenvalue weighted by Gasteiger charge is -2.36. The Labute approximate surface area is 88.4 Å². The lowest BCUT2D eigenvalue weighted by atomic mass is 9.94. The van der Waals surface area contributed by atoms with E-state index in [1.54, 1.807) is 0 Å². The maximum atomic E-state index is 6.18. The van der Waals surface area contributed by atoms with E-state index in [-0.39, 0.29) is 0 Å². The number of hydrogen-bond donors (Lipinski definition) is 0. The lowest BCUT2D eigenvalue weighted by Crippen LogP contribution is -2.38. The Morgan fingerprint density at radius 1 is 1.17 bits per heavy atom. The molecule has 0 aromatic heterocycles. The van der Waals surface area contributed by atoms with E-state index >= 15 is 0 Å². The third-order valence-electron chi connectivity index (χ3n) is 3.23. The van der Waals surface area contributed by atoms with Crippen LogP contribution in [0.3, 0.4) is 0 Å². The number of alkyl halides is 1. The molecular formula is C10H17IO. The predicted octanol–water partition coefficient (Wildman–Crippen LogP) is 3.30. The van der Waals surface area contributed by atoms with Gasteiger partial charge in [0.2, 0.25) is 0 Å². The minimum absolute atomic E-state index is 0.297. The Morgan fingerprint density at radius 3 is 2.25 bits per heavy atom. The summed E-state index contributed by atoms with van der Waals surface area (Å²) < 4.78 is 7.37. The zero-order chi connectivity index (χ0) is 8.44. The molecule has 2 heteroatoms. The first-order valence-electron chi connectivity index (χ1n) is 5.08. The predicted molar refractivity (Wildman–Crippen MR) is 58.8 cm³/mol. The molecule has 0 unspecified atom stereocenters. The normalized spacial score (nSPS) is 28.8. The van der Waals surface area contributed by atoms with Crippen LogP contribution in [0.4, 0.5) is 0 Å². The number of halogens is 1. The maximum Gasteiger partial charge on any atom is 0.0775 e. The molecule has 12 heavy (non-hydrogen) atoms. The van der Waals surface area contributed by atoms with Gasteiger partial charge in [-0.25, -0.2) is 0 Å². The van der Waals surface area contributed by atoms with Crippen LogP contribution >= 0.6 is 22.6 Å². The molecule has 0 spiro atoms. The van der Waals surface area contributed by atoms with Gasteiger partial charge < -0.3 is 4.74 Å². The van der Waals surface area contributed by atoms with Crippen molar-refractivity contribution in [2.24, 2.45) is 0 Å². The quantitative estimate of drug-likeness (QED) is 0.569. The second-order valence-corrected chi connectivity index (χ2v) is 4.96. The van der Waals surface area contributed by atoms with Gasteiger partial charge in [-0.2, -0.15) is 0 Å². The average Bonchev–Trinajstić information content (AvgIpc) is 2.46. The van der Waals surface area contributed by atoms with Gasteiger partial charge in [0.25, 0.3) is 0 Å². The van der Waals surface area contributed by atoms with E-state index in [4.69, 9.17) is 4.74 Å². The average molecular weight is 280 g/mol. The van der Waals surface area contributed by atoms with Crippen molar-refractivity contribution in [3.63, 3.8) is 0 Å². The van der Waals surface area contributed by atoms with Crippen LogP contribution in [-0.4, -0.2) is 16.1 Å². The van der Waals surface area contributed by atoms with E-state index in [9.17, 15) is 0 Å². The first-order chi connectivity index (χ1) is 5.85. The summed E-state index contributed by atoms with van der Waals surface area (Å²) in [5.41, 5.74) is 0.297. The highest BCUT2D eigenvalue weighted by Crippen LogP contribution is 2.39. The topological polar surface area (TPSA) is 9.23 Å². The number of ether oxygens (including phenoxy) is 1. The zero-order valence-electron chi connectivity index (χ0n) is 7.52. The summed E-state index contributed by atoms with van der Waals surface area (Å²) >= 11 is 2.49. The van der Waals surface area contributed by atoms with Gasteiger partial charge in [-0.1, -0.05) is 35.4 Å². The van der Waals surface area contributed by atoms with E-state index in [2.05, 4.69) is 22.6 Å². The fourth-order valence-corrected chi connectivity index (χ4v) is 3.09. The Kier molecular flexibility index (Phi) is 2.95. The molecule has 0 radical (unpaired) electrons. The SMILES string of the molecule is ICC1(OC2CCC2)CCCC1. The molecule has 0 N–H and O–H groups in total. The van der Waals surface area contributed by atoms with Crippen LogP contribution in [0.25, 0.3) is 0 Å². The van der Waals surface area contributed by atoms with Gasteiger partial charge in [0.05, 0.1) is 11.7 Å². The summed E-state index contributed by atoms with van der Waals surface area (Å²) in [5, 5.41) is 0. The summed E-state index contributed by atoms with van der Waals surface area (Å²) in [4.78, 5) is 0. The van der Waals surface area contributed by atoms with Crippen LogP contribution in [0.5, 0.6) is 0 Å². The fraction of sp³-hybridized carbons (Fsp3) is 1.00. The second kappa shape index (κ2) is 3.82. The van der Waals surface area contributed by atoms with Gasteiger partial charge in [0.1, 0.15) is 0 Å². The Morgan fingerprint density at radius 2 is 1.83 bits per heavy atom. The van der Waals surface area contributed by atoms with Crippen LogP contribution < -0.4 is 0 Å². The van der Waals surface area contributed by atoms with Crippen molar-refractivity contribution < 1.29 is 4.74 Å². The Bertz CT molecular complexity index is 148. The van der Waals surface area contributed by atoms with E-state index in [1.807, 2.05) is 0 Å². The Hall–Kier alpha value is 0.690. The van der Waals surface area contributed by atoms with Crippen molar-refractivity contribution >= 4 is 22.6 Å². The molecule has 0 atom stereocenters. The molecule has 2 aliphatic carbocycles. The minimum Gasteiger partial charge on any atom is -0.371 e. The largest absolute Gasteiger partial charge is 0.371 e. The van der Waals surface area contributed by atoms with Crippen molar-refractivity contribution in [1.29, 1.82) is 0 Å². The molecule has 1 nitrogen and oxygen atoms in total. The Balaban J connectivity index is 1.87. The molecule has 0 aliphatic heterocycles. The highest BCUT2D eigenvalue weighted by Gasteiger charge is 2.37. The van der Waals surface area contributed by atoms with Crippen LogP contribution in [0, 0.1) is 0 Å². The lowest BCUT2D eigenvalue weighted by molar-refractivity contribution is -0.103. The molecule has 0 aromatic rings.